The predicted molar refractivity (Wildman–Crippen MR) is 79.5 cm³/mol. The Bertz CT molecular complexity index is 781. The third-order valence-electron chi connectivity index (χ3n) is 3.58. The highest BCUT2D eigenvalue weighted by atomic mass is 19.2. The molecule has 0 amide bonds. The first kappa shape index (κ1) is 13.7. The molecule has 106 valence electrons. The molecule has 1 unspecified atom stereocenters. The van der Waals surface area contributed by atoms with Crippen LogP contribution >= 0.6 is 0 Å². The standard InChI is InChI=1S/C17H14F2N2/c18-15-9-8-12(10-16(15)19)17(21-20)14-7-3-5-11-4-1-2-6-13(11)14/h1-10,17,21H,20H2. The molecule has 0 saturated carbocycles. The highest BCUT2D eigenvalue weighted by Crippen LogP contribution is 2.29. The molecule has 0 saturated heterocycles. The van der Waals surface area contributed by atoms with E-state index in [2.05, 4.69) is 5.43 Å². The van der Waals surface area contributed by atoms with Gasteiger partial charge in [-0.1, -0.05) is 48.5 Å². The van der Waals surface area contributed by atoms with Gasteiger partial charge in [-0.2, -0.15) is 0 Å². The van der Waals surface area contributed by atoms with Gasteiger partial charge in [0.2, 0.25) is 0 Å². The number of rotatable bonds is 3. The van der Waals surface area contributed by atoms with E-state index in [1.807, 2.05) is 42.5 Å². The summed E-state index contributed by atoms with van der Waals surface area (Å²) < 4.78 is 26.6. The molecule has 0 bridgehead atoms. The van der Waals surface area contributed by atoms with Crippen LogP contribution in [0.15, 0.2) is 60.7 Å². The van der Waals surface area contributed by atoms with Crippen molar-refractivity contribution in [3.8, 4) is 0 Å². The minimum atomic E-state index is -0.881. The molecule has 0 aliphatic heterocycles. The highest BCUT2D eigenvalue weighted by molar-refractivity contribution is 5.86. The van der Waals surface area contributed by atoms with Crippen LogP contribution in [0.2, 0.25) is 0 Å². The van der Waals surface area contributed by atoms with E-state index in [1.54, 1.807) is 0 Å². The summed E-state index contributed by atoms with van der Waals surface area (Å²) in [5.41, 5.74) is 4.18. The summed E-state index contributed by atoms with van der Waals surface area (Å²) in [5.74, 6) is 3.90. The molecule has 0 aromatic heterocycles. The van der Waals surface area contributed by atoms with E-state index in [9.17, 15) is 8.78 Å². The maximum Gasteiger partial charge on any atom is 0.159 e. The molecule has 4 heteroatoms. The minimum absolute atomic E-state index is 0.411. The van der Waals surface area contributed by atoms with Gasteiger partial charge in [0.1, 0.15) is 0 Å². The zero-order chi connectivity index (χ0) is 14.8. The first-order valence-electron chi connectivity index (χ1n) is 6.59. The summed E-state index contributed by atoms with van der Waals surface area (Å²) in [7, 11) is 0. The Balaban J connectivity index is 2.16. The van der Waals surface area contributed by atoms with Crippen molar-refractivity contribution in [3.63, 3.8) is 0 Å². The van der Waals surface area contributed by atoms with Crippen LogP contribution in [0.1, 0.15) is 17.2 Å². The molecule has 0 aliphatic carbocycles. The second kappa shape index (κ2) is 5.60. The van der Waals surface area contributed by atoms with E-state index in [4.69, 9.17) is 5.84 Å². The van der Waals surface area contributed by atoms with Crippen molar-refractivity contribution in [3.05, 3.63) is 83.4 Å². The molecule has 3 aromatic rings. The van der Waals surface area contributed by atoms with Crippen molar-refractivity contribution in [1.82, 2.24) is 5.43 Å². The maximum absolute atomic E-state index is 13.5. The van der Waals surface area contributed by atoms with Crippen molar-refractivity contribution >= 4 is 10.8 Å². The van der Waals surface area contributed by atoms with Crippen LogP contribution in [0.5, 0.6) is 0 Å². The van der Waals surface area contributed by atoms with Crippen LogP contribution in [0.3, 0.4) is 0 Å². The summed E-state index contributed by atoms with van der Waals surface area (Å²) in [6.45, 7) is 0. The van der Waals surface area contributed by atoms with Crippen molar-refractivity contribution < 1.29 is 8.78 Å². The average Bonchev–Trinajstić information content (AvgIpc) is 2.52. The fourth-order valence-electron chi connectivity index (χ4n) is 2.56. The molecule has 1 atom stereocenters. The largest absolute Gasteiger partial charge is 0.271 e. The van der Waals surface area contributed by atoms with Gasteiger partial charge >= 0.3 is 0 Å². The molecule has 21 heavy (non-hydrogen) atoms. The van der Waals surface area contributed by atoms with Crippen LogP contribution in [0, 0.1) is 11.6 Å². The molecular weight excluding hydrogens is 270 g/mol. The van der Waals surface area contributed by atoms with Crippen molar-refractivity contribution in [2.45, 2.75) is 6.04 Å². The summed E-state index contributed by atoms with van der Waals surface area (Å²) in [5, 5.41) is 2.09. The van der Waals surface area contributed by atoms with E-state index in [-0.39, 0.29) is 0 Å². The predicted octanol–water partition coefficient (Wildman–Crippen LogP) is 3.67. The Morgan fingerprint density at radius 2 is 1.62 bits per heavy atom. The van der Waals surface area contributed by atoms with Crippen LogP contribution < -0.4 is 11.3 Å². The summed E-state index contributed by atoms with van der Waals surface area (Å²) in [6, 6.07) is 17.1. The lowest BCUT2D eigenvalue weighted by atomic mass is 9.94. The number of halogens is 2. The summed E-state index contributed by atoms with van der Waals surface area (Å²) >= 11 is 0. The van der Waals surface area contributed by atoms with Crippen molar-refractivity contribution in [2.24, 2.45) is 5.84 Å². The molecule has 0 heterocycles. The van der Waals surface area contributed by atoms with Crippen LogP contribution in [-0.4, -0.2) is 0 Å². The second-order valence-corrected chi connectivity index (χ2v) is 4.84. The SMILES string of the molecule is NNC(c1ccc(F)c(F)c1)c1cccc2ccccc12. The Morgan fingerprint density at radius 1 is 0.857 bits per heavy atom. The molecular formula is C17H14F2N2. The van der Waals surface area contributed by atoms with Crippen molar-refractivity contribution in [1.29, 1.82) is 0 Å². The van der Waals surface area contributed by atoms with Gasteiger partial charge in [0.05, 0.1) is 6.04 Å². The monoisotopic (exact) mass is 284 g/mol. The fraction of sp³-hybridized carbons (Fsp3) is 0.0588. The molecule has 3 rings (SSSR count). The minimum Gasteiger partial charge on any atom is -0.271 e. The molecule has 2 nitrogen and oxygen atoms in total. The summed E-state index contributed by atoms with van der Waals surface area (Å²) in [4.78, 5) is 0. The molecule has 3 N–H and O–H groups in total. The maximum atomic E-state index is 13.5. The van der Waals surface area contributed by atoms with E-state index in [0.717, 1.165) is 22.4 Å². The number of nitrogens with one attached hydrogen (secondary N) is 1. The van der Waals surface area contributed by atoms with Crippen LogP contribution in [0.4, 0.5) is 8.78 Å². The molecule has 0 fully saturated rings. The Kier molecular flexibility index (Phi) is 3.64. The molecule has 3 aromatic carbocycles. The number of benzene rings is 3. The Labute approximate surface area is 121 Å². The average molecular weight is 284 g/mol. The second-order valence-electron chi connectivity index (χ2n) is 4.84. The van der Waals surface area contributed by atoms with Crippen LogP contribution in [-0.2, 0) is 0 Å². The number of nitrogens with two attached hydrogens (primary N) is 1. The number of hydrogen-bond acceptors (Lipinski definition) is 2. The number of hydrazine groups is 1. The first-order chi connectivity index (χ1) is 10.2. The van der Waals surface area contributed by atoms with E-state index in [1.165, 1.54) is 12.1 Å². The third-order valence-corrected chi connectivity index (χ3v) is 3.58. The quantitative estimate of drug-likeness (QED) is 0.569. The fourth-order valence-corrected chi connectivity index (χ4v) is 2.56. The molecule has 0 spiro atoms. The zero-order valence-electron chi connectivity index (χ0n) is 11.2. The third kappa shape index (κ3) is 2.51. The lowest BCUT2D eigenvalue weighted by molar-refractivity contribution is 0.504. The first-order valence-corrected chi connectivity index (χ1v) is 6.59. The van der Waals surface area contributed by atoms with Gasteiger partial charge in [-0.05, 0) is 34.0 Å². The molecule has 0 aliphatic rings. The van der Waals surface area contributed by atoms with Crippen molar-refractivity contribution in [2.75, 3.05) is 0 Å². The van der Waals surface area contributed by atoms with Gasteiger partial charge in [0.15, 0.2) is 11.6 Å². The highest BCUT2D eigenvalue weighted by Gasteiger charge is 2.16. The Hall–Kier alpha value is -2.30. The van der Waals surface area contributed by atoms with Gasteiger partial charge in [-0.3, -0.25) is 5.84 Å². The number of hydrogen-bond donors (Lipinski definition) is 2. The summed E-state index contributed by atoms with van der Waals surface area (Å²) in [6.07, 6.45) is 0. The zero-order valence-corrected chi connectivity index (χ0v) is 11.2. The topological polar surface area (TPSA) is 38.0 Å². The Morgan fingerprint density at radius 3 is 2.38 bits per heavy atom. The van der Waals surface area contributed by atoms with E-state index >= 15 is 0 Å². The van der Waals surface area contributed by atoms with Gasteiger partial charge in [-0.25, -0.2) is 14.2 Å². The lowest BCUT2D eigenvalue weighted by Crippen LogP contribution is -2.29. The van der Waals surface area contributed by atoms with Gasteiger partial charge < -0.3 is 0 Å². The van der Waals surface area contributed by atoms with E-state index < -0.39 is 17.7 Å². The van der Waals surface area contributed by atoms with Gasteiger partial charge in [-0.15, -0.1) is 0 Å². The van der Waals surface area contributed by atoms with Crippen LogP contribution in [0.25, 0.3) is 10.8 Å². The smallest absolute Gasteiger partial charge is 0.159 e. The number of fused-ring (bicyclic) bond motifs is 1. The normalized spacial score (nSPS) is 12.5. The molecule has 0 radical (unpaired) electrons. The van der Waals surface area contributed by atoms with Gasteiger partial charge in [0, 0.05) is 0 Å². The van der Waals surface area contributed by atoms with E-state index in [0.29, 0.717) is 5.56 Å². The lowest BCUT2D eigenvalue weighted by Gasteiger charge is -2.19. The van der Waals surface area contributed by atoms with Gasteiger partial charge in [0.25, 0.3) is 0 Å².